The van der Waals surface area contributed by atoms with E-state index < -0.39 is 10.0 Å². The van der Waals surface area contributed by atoms with Gasteiger partial charge in [-0.15, -0.1) is 11.3 Å². The summed E-state index contributed by atoms with van der Waals surface area (Å²) >= 11 is 1.35. The maximum Gasteiger partial charge on any atom is 0.272 e. The van der Waals surface area contributed by atoms with Gasteiger partial charge in [0.2, 0.25) is 10.0 Å². The summed E-state index contributed by atoms with van der Waals surface area (Å²) in [6.07, 6.45) is 2.49. The third-order valence-electron chi connectivity index (χ3n) is 5.99. The number of nitrogens with zero attached hydrogens (tertiary/aromatic N) is 4. The van der Waals surface area contributed by atoms with Crippen LogP contribution < -0.4 is 15.2 Å². The predicted octanol–water partition coefficient (Wildman–Crippen LogP) is 3.55. The number of carbonyl (C=O) groups excluding carboxylic acids is 1. The number of thiazole rings is 1. The topological polar surface area (TPSA) is 131 Å². The molecule has 198 valence electrons. The van der Waals surface area contributed by atoms with Gasteiger partial charge >= 0.3 is 0 Å². The van der Waals surface area contributed by atoms with Gasteiger partial charge in [-0.1, -0.05) is 6.92 Å². The SMILES string of the molecule is CCN1CCCN(C(=O)c2ccc(-c3csc(Nc4cc(S(N)(=O)=O)ccc4OC(C)C)n3)cn2)CC1. The molecule has 0 aliphatic carbocycles. The molecule has 1 fully saturated rings. The van der Waals surface area contributed by atoms with Crippen molar-refractivity contribution in [2.24, 2.45) is 5.14 Å². The summed E-state index contributed by atoms with van der Waals surface area (Å²) in [5, 5.41) is 10.9. The minimum atomic E-state index is -3.88. The van der Waals surface area contributed by atoms with E-state index in [2.05, 4.69) is 27.1 Å². The molecule has 4 rings (SSSR count). The van der Waals surface area contributed by atoms with Crippen LogP contribution >= 0.6 is 11.3 Å². The van der Waals surface area contributed by atoms with Gasteiger partial charge in [-0.25, -0.2) is 18.5 Å². The molecule has 0 spiro atoms. The van der Waals surface area contributed by atoms with Crippen LogP contribution in [-0.4, -0.2) is 72.9 Å². The van der Waals surface area contributed by atoms with Crippen molar-refractivity contribution in [3.63, 3.8) is 0 Å². The quantitative estimate of drug-likeness (QED) is 0.440. The summed E-state index contributed by atoms with van der Waals surface area (Å²) in [4.78, 5) is 26.2. The number of sulfonamides is 1. The molecule has 3 N–H and O–H groups in total. The Balaban J connectivity index is 1.49. The van der Waals surface area contributed by atoms with Crippen LogP contribution in [0.25, 0.3) is 11.3 Å². The van der Waals surface area contributed by atoms with Gasteiger partial charge in [-0.3, -0.25) is 9.78 Å². The average Bonchev–Trinajstić information content (AvgIpc) is 3.19. The molecular weight excluding hydrogens is 512 g/mol. The molecule has 1 saturated heterocycles. The molecule has 1 aliphatic rings. The summed E-state index contributed by atoms with van der Waals surface area (Å²) in [6, 6.07) is 7.98. The molecule has 0 saturated carbocycles. The molecular formula is C25H32N6O4S2. The van der Waals surface area contributed by atoms with E-state index in [4.69, 9.17) is 9.88 Å². The third-order valence-corrected chi connectivity index (χ3v) is 7.66. The maximum atomic E-state index is 13.0. The van der Waals surface area contributed by atoms with Gasteiger partial charge in [0.05, 0.1) is 22.4 Å². The molecule has 1 amide bonds. The Kier molecular flexibility index (Phi) is 8.42. The second-order valence-corrected chi connectivity index (χ2v) is 11.5. The van der Waals surface area contributed by atoms with E-state index in [0.717, 1.165) is 38.2 Å². The highest BCUT2D eigenvalue weighted by Crippen LogP contribution is 2.33. The highest BCUT2D eigenvalue weighted by Gasteiger charge is 2.21. The fraction of sp³-hybridized carbons (Fsp3) is 0.400. The van der Waals surface area contributed by atoms with Crippen molar-refractivity contribution >= 4 is 38.1 Å². The molecule has 1 aromatic carbocycles. The van der Waals surface area contributed by atoms with Gasteiger partial charge in [0.1, 0.15) is 11.4 Å². The molecule has 0 unspecified atom stereocenters. The Bertz CT molecular complexity index is 1340. The Morgan fingerprint density at radius 2 is 2.00 bits per heavy atom. The largest absolute Gasteiger partial charge is 0.489 e. The number of primary sulfonamides is 1. The second-order valence-electron chi connectivity index (χ2n) is 9.04. The lowest BCUT2D eigenvalue weighted by atomic mass is 10.2. The molecule has 12 heteroatoms. The molecule has 0 radical (unpaired) electrons. The lowest BCUT2D eigenvalue weighted by Gasteiger charge is -2.20. The van der Waals surface area contributed by atoms with E-state index in [0.29, 0.717) is 34.5 Å². The zero-order valence-electron chi connectivity index (χ0n) is 21.2. The first-order valence-electron chi connectivity index (χ1n) is 12.2. The Hall–Kier alpha value is -3.06. The van der Waals surface area contributed by atoms with Crippen molar-refractivity contribution in [1.82, 2.24) is 19.8 Å². The van der Waals surface area contributed by atoms with Crippen molar-refractivity contribution in [2.45, 2.75) is 38.2 Å². The van der Waals surface area contributed by atoms with Gasteiger partial charge in [-0.05, 0) is 63.7 Å². The average molecular weight is 545 g/mol. The van der Waals surface area contributed by atoms with Gasteiger partial charge in [0, 0.05) is 36.8 Å². The maximum absolute atomic E-state index is 13.0. The zero-order valence-corrected chi connectivity index (χ0v) is 22.8. The lowest BCUT2D eigenvalue weighted by molar-refractivity contribution is 0.0756. The van der Waals surface area contributed by atoms with Crippen LogP contribution in [0.2, 0.25) is 0 Å². The molecule has 10 nitrogen and oxygen atoms in total. The molecule has 1 aliphatic heterocycles. The number of nitrogens with two attached hydrogens (primary N) is 1. The molecule has 3 aromatic rings. The van der Waals surface area contributed by atoms with Crippen molar-refractivity contribution in [3.05, 3.63) is 47.6 Å². The van der Waals surface area contributed by atoms with Crippen LogP contribution in [0.15, 0.2) is 46.8 Å². The van der Waals surface area contributed by atoms with Gasteiger partial charge in [-0.2, -0.15) is 0 Å². The smallest absolute Gasteiger partial charge is 0.272 e. The number of hydrogen-bond donors (Lipinski definition) is 2. The van der Waals surface area contributed by atoms with E-state index in [9.17, 15) is 13.2 Å². The van der Waals surface area contributed by atoms with Crippen LogP contribution in [0.1, 0.15) is 37.7 Å². The Labute approximate surface area is 221 Å². The Morgan fingerprint density at radius 1 is 1.19 bits per heavy atom. The number of aromatic nitrogens is 2. The first-order chi connectivity index (χ1) is 17.6. The monoisotopic (exact) mass is 544 g/mol. The second kappa shape index (κ2) is 11.5. The molecule has 2 aromatic heterocycles. The van der Waals surface area contributed by atoms with Gasteiger partial charge in [0.15, 0.2) is 5.13 Å². The molecule has 0 atom stereocenters. The highest BCUT2D eigenvalue weighted by molar-refractivity contribution is 7.89. The third kappa shape index (κ3) is 6.83. The van der Waals surface area contributed by atoms with E-state index >= 15 is 0 Å². The standard InChI is InChI=1S/C25H32N6O4S2/c1-4-30-10-5-11-31(13-12-30)24(32)20-8-6-18(15-27-20)22-16-36-25(29-22)28-21-14-19(37(26,33)34)7-9-23(21)35-17(2)3/h6-9,14-17H,4-5,10-13H2,1-3H3,(H,28,29)(H2,26,33,34). The number of ether oxygens (including phenoxy) is 1. The molecule has 3 heterocycles. The van der Waals surface area contributed by atoms with Crippen LogP contribution in [0, 0.1) is 0 Å². The van der Waals surface area contributed by atoms with Crippen LogP contribution in [-0.2, 0) is 10.0 Å². The van der Waals surface area contributed by atoms with Crippen LogP contribution in [0.4, 0.5) is 10.8 Å². The number of benzene rings is 1. The van der Waals surface area contributed by atoms with Crippen LogP contribution in [0.3, 0.4) is 0 Å². The summed E-state index contributed by atoms with van der Waals surface area (Å²) < 4.78 is 29.5. The summed E-state index contributed by atoms with van der Waals surface area (Å²) in [7, 11) is -3.88. The Morgan fingerprint density at radius 3 is 2.68 bits per heavy atom. The van der Waals surface area contributed by atoms with E-state index in [1.54, 1.807) is 18.3 Å². The van der Waals surface area contributed by atoms with Gasteiger partial charge in [0.25, 0.3) is 5.91 Å². The molecule has 0 bridgehead atoms. The predicted molar refractivity (Wildman–Crippen MR) is 145 cm³/mol. The number of likely N-dealkylation sites (N-methyl/N-ethyl adjacent to an activating group) is 1. The van der Waals surface area contributed by atoms with E-state index in [1.165, 1.54) is 23.5 Å². The number of pyridine rings is 1. The lowest BCUT2D eigenvalue weighted by Crippen LogP contribution is -2.35. The van der Waals surface area contributed by atoms with Crippen molar-refractivity contribution in [2.75, 3.05) is 38.0 Å². The minimum absolute atomic E-state index is 0.0286. The van der Waals surface area contributed by atoms with Crippen LogP contribution in [0.5, 0.6) is 5.75 Å². The fourth-order valence-electron chi connectivity index (χ4n) is 4.04. The summed E-state index contributed by atoms with van der Waals surface area (Å²) in [5.41, 5.74) is 2.31. The van der Waals surface area contributed by atoms with E-state index in [1.807, 2.05) is 30.2 Å². The zero-order chi connectivity index (χ0) is 26.6. The van der Waals surface area contributed by atoms with E-state index in [-0.39, 0.29) is 16.9 Å². The van der Waals surface area contributed by atoms with Crippen molar-refractivity contribution < 1.29 is 17.9 Å². The first-order valence-corrected chi connectivity index (χ1v) is 14.6. The number of rotatable bonds is 8. The summed E-state index contributed by atoms with van der Waals surface area (Å²) in [5.74, 6) is 0.428. The number of anilines is 2. The van der Waals surface area contributed by atoms with Crippen molar-refractivity contribution in [1.29, 1.82) is 0 Å². The number of amides is 1. The molecule has 37 heavy (non-hydrogen) atoms. The minimum Gasteiger partial charge on any atom is -0.489 e. The summed E-state index contributed by atoms with van der Waals surface area (Å²) in [6.45, 7) is 10.2. The first kappa shape index (κ1) is 27.0. The van der Waals surface area contributed by atoms with Crippen molar-refractivity contribution in [3.8, 4) is 17.0 Å². The normalized spacial score (nSPS) is 15.0. The number of carbonyl (C=O) groups is 1. The highest BCUT2D eigenvalue weighted by atomic mass is 32.2. The fourth-order valence-corrected chi connectivity index (χ4v) is 5.32. The van der Waals surface area contributed by atoms with Gasteiger partial charge < -0.3 is 19.9 Å². The number of nitrogens with one attached hydrogen (secondary N) is 1. The number of hydrogen-bond acceptors (Lipinski definition) is 9.